The fourth-order valence-electron chi connectivity index (χ4n) is 1.86. The largest absolute Gasteiger partial charge is 0.465 e. The van der Waals surface area contributed by atoms with Crippen molar-refractivity contribution < 1.29 is 19.1 Å². The molecule has 2 aromatic carbocycles. The first-order valence-corrected chi connectivity index (χ1v) is 6.73. The third-order valence-electron chi connectivity index (χ3n) is 3.12. The van der Waals surface area contributed by atoms with E-state index in [9.17, 15) is 9.59 Å². The van der Waals surface area contributed by atoms with Gasteiger partial charge in [0.2, 0.25) is 0 Å². The molecule has 5 nitrogen and oxygen atoms in total. The molecule has 0 radical (unpaired) electrons. The fourth-order valence-corrected chi connectivity index (χ4v) is 1.86. The predicted octanol–water partition coefficient (Wildman–Crippen LogP) is 2.24. The maximum Gasteiger partial charge on any atom is 0.337 e. The molecule has 2 rings (SSSR count). The molecule has 0 fully saturated rings. The Hall–Kier alpha value is -3.26. The second-order valence-electron chi connectivity index (χ2n) is 4.61. The third-order valence-corrected chi connectivity index (χ3v) is 3.12. The van der Waals surface area contributed by atoms with Crippen molar-refractivity contribution >= 4 is 17.6 Å². The monoisotopic (exact) mass is 309 g/mol. The zero-order chi connectivity index (χ0) is 16.8. The van der Waals surface area contributed by atoms with Crippen molar-refractivity contribution in [3.05, 3.63) is 64.7 Å². The highest BCUT2D eigenvalue weighted by atomic mass is 16.5. The molecule has 5 heteroatoms. The molecule has 23 heavy (non-hydrogen) atoms. The van der Waals surface area contributed by atoms with Gasteiger partial charge in [0.05, 0.1) is 25.3 Å². The van der Waals surface area contributed by atoms with Crippen molar-refractivity contribution in [2.24, 2.45) is 0 Å². The molecular weight excluding hydrogens is 294 g/mol. The molecule has 0 heterocycles. The van der Waals surface area contributed by atoms with Gasteiger partial charge in [-0.1, -0.05) is 11.8 Å². The van der Waals surface area contributed by atoms with E-state index in [2.05, 4.69) is 21.3 Å². The summed E-state index contributed by atoms with van der Waals surface area (Å²) in [5, 5.41) is 0. The molecule has 0 spiro atoms. The van der Waals surface area contributed by atoms with Crippen molar-refractivity contribution in [1.82, 2.24) is 0 Å². The van der Waals surface area contributed by atoms with Crippen molar-refractivity contribution in [3.8, 4) is 11.8 Å². The highest BCUT2D eigenvalue weighted by Crippen LogP contribution is 2.14. The van der Waals surface area contributed by atoms with Gasteiger partial charge in [-0.15, -0.1) is 0 Å². The first kappa shape index (κ1) is 16.1. The molecule has 0 saturated heterocycles. The highest BCUT2D eigenvalue weighted by molar-refractivity contribution is 5.90. The molecular formula is C18H15NO4. The summed E-state index contributed by atoms with van der Waals surface area (Å²) < 4.78 is 9.30. The molecule has 0 aliphatic heterocycles. The lowest BCUT2D eigenvalue weighted by molar-refractivity contribution is 0.0592. The van der Waals surface area contributed by atoms with Gasteiger partial charge >= 0.3 is 11.9 Å². The number of anilines is 1. The van der Waals surface area contributed by atoms with Crippen molar-refractivity contribution in [2.75, 3.05) is 20.0 Å². The van der Waals surface area contributed by atoms with Gasteiger partial charge in [-0.05, 0) is 42.5 Å². The standard InChI is InChI=1S/C18H15NO4/c1-22-17(20)13-6-3-12(4-7-13)5-8-14-11-15(18(21)23-2)9-10-16(14)19/h3-4,6-7,9-11H,19H2,1-2H3. The fraction of sp³-hybridized carbons (Fsp3) is 0.111. The first-order valence-electron chi connectivity index (χ1n) is 6.73. The van der Waals surface area contributed by atoms with Crippen molar-refractivity contribution in [1.29, 1.82) is 0 Å². The van der Waals surface area contributed by atoms with Crippen molar-refractivity contribution in [2.45, 2.75) is 0 Å². The van der Waals surface area contributed by atoms with E-state index in [-0.39, 0.29) is 0 Å². The zero-order valence-corrected chi connectivity index (χ0v) is 12.8. The Labute approximate surface area is 134 Å². The molecule has 0 amide bonds. The zero-order valence-electron chi connectivity index (χ0n) is 12.8. The van der Waals surface area contributed by atoms with E-state index in [0.29, 0.717) is 27.9 Å². The predicted molar refractivity (Wildman–Crippen MR) is 86.0 cm³/mol. The van der Waals surface area contributed by atoms with Gasteiger partial charge in [0.15, 0.2) is 0 Å². The van der Waals surface area contributed by atoms with Gasteiger partial charge in [-0.2, -0.15) is 0 Å². The van der Waals surface area contributed by atoms with Crippen LogP contribution in [0.4, 0.5) is 5.69 Å². The first-order chi connectivity index (χ1) is 11.0. The lowest BCUT2D eigenvalue weighted by Gasteiger charge is -2.02. The summed E-state index contributed by atoms with van der Waals surface area (Å²) in [5.74, 6) is 5.00. The van der Waals surface area contributed by atoms with E-state index in [1.807, 2.05) is 0 Å². The van der Waals surface area contributed by atoms with Crippen LogP contribution in [0.25, 0.3) is 0 Å². The van der Waals surface area contributed by atoms with Crippen LogP contribution in [0, 0.1) is 11.8 Å². The summed E-state index contributed by atoms with van der Waals surface area (Å²) in [6.07, 6.45) is 0. The van der Waals surface area contributed by atoms with Crippen LogP contribution in [-0.2, 0) is 9.47 Å². The molecule has 0 aliphatic carbocycles. The van der Waals surface area contributed by atoms with Gasteiger partial charge in [0.1, 0.15) is 0 Å². The molecule has 2 N–H and O–H groups in total. The molecule has 0 atom stereocenters. The number of hydrogen-bond acceptors (Lipinski definition) is 5. The van der Waals surface area contributed by atoms with Gasteiger partial charge in [-0.3, -0.25) is 0 Å². The van der Waals surface area contributed by atoms with Crippen LogP contribution in [-0.4, -0.2) is 26.2 Å². The van der Waals surface area contributed by atoms with Gasteiger partial charge in [0, 0.05) is 16.8 Å². The van der Waals surface area contributed by atoms with Crippen LogP contribution in [0.5, 0.6) is 0 Å². The Morgan fingerprint density at radius 2 is 1.43 bits per heavy atom. The molecule has 0 bridgehead atoms. The van der Waals surface area contributed by atoms with E-state index in [1.54, 1.807) is 42.5 Å². The molecule has 0 aliphatic rings. The molecule has 0 aromatic heterocycles. The van der Waals surface area contributed by atoms with Crippen LogP contribution in [0.3, 0.4) is 0 Å². The number of hydrogen-bond donors (Lipinski definition) is 1. The van der Waals surface area contributed by atoms with Gasteiger partial charge in [0.25, 0.3) is 0 Å². The Morgan fingerprint density at radius 3 is 2.04 bits per heavy atom. The number of carbonyl (C=O) groups excluding carboxylic acids is 2. The molecule has 0 saturated carbocycles. The summed E-state index contributed by atoms with van der Waals surface area (Å²) in [6, 6.07) is 11.4. The number of nitrogen functional groups attached to an aromatic ring is 1. The summed E-state index contributed by atoms with van der Waals surface area (Å²) in [6.45, 7) is 0. The maximum atomic E-state index is 11.5. The number of carbonyl (C=O) groups is 2. The normalized spacial score (nSPS) is 9.48. The molecule has 116 valence electrons. The van der Waals surface area contributed by atoms with Crippen LogP contribution >= 0.6 is 0 Å². The maximum absolute atomic E-state index is 11.5. The minimum absolute atomic E-state index is 0.382. The average molecular weight is 309 g/mol. The third kappa shape index (κ3) is 3.89. The van der Waals surface area contributed by atoms with Crippen LogP contribution in [0.2, 0.25) is 0 Å². The van der Waals surface area contributed by atoms with Crippen LogP contribution in [0.15, 0.2) is 42.5 Å². The minimum atomic E-state index is -0.449. The number of methoxy groups -OCH3 is 2. The Bertz CT molecular complexity index is 798. The average Bonchev–Trinajstić information content (AvgIpc) is 2.60. The van der Waals surface area contributed by atoms with E-state index in [0.717, 1.165) is 0 Å². The van der Waals surface area contributed by atoms with E-state index in [1.165, 1.54) is 14.2 Å². The summed E-state index contributed by atoms with van der Waals surface area (Å²) >= 11 is 0. The topological polar surface area (TPSA) is 78.6 Å². The SMILES string of the molecule is COC(=O)c1ccc(C#Cc2cc(C(=O)OC)ccc2N)cc1. The lowest BCUT2D eigenvalue weighted by atomic mass is 10.1. The Balaban J connectivity index is 2.28. The number of nitrogens with two attached hydrogens (primary N) is 1. The van der Waals surface area contributed by atoms with Gasteiger partial charge in [-0.25, -0.2) is 9.59 Å². The van der Waals surface area contributed by atoms with E-state index in [4.69, 9.17) is 5.73 Å². The summed E-state index contributed by atoms with van der Waals surface area (Å²) in [5.41, 5.74) is 8.40. The second kappa shape index (κ2) is 7.14. The smallest absolute Gasteiger partial charge is 0.337 e. The summed E-state index contributed by atoms with van der Waals surface area (Å²) in [4.78, 5) is 22.9. The number of ether oxygens (including phenoxy) is 2. The van der Waals surface area contributed by atoms with Crippen molar-refractivity contribution in [3.63, 3.8) is 0 Å². The van der Waals surface area contributed by atoms with Gasteiger partial charge < -0.3 is 15.2 Å². The minimum Gasteiger partial charge on any atom is -0.465 e. The molecule has 0 unspecified atom stereocenters. The Morgan fingerprint density at radius 1 is 0.870 bits per heavy atom. The van der Waals surface area contributed by atoms with E-state index >= 15 is 0 Å². The van der Waals surface area contributed by atoms with Crippen LogP contribution in [0.1, 0.15) is 31.8 Å². The number of benzene rings is 2. The highest BCUT2D eigenvalue weighted by Gasteiger charge is 2.07. The number of esters is 2. The summed E-state index contributed by atoms with van der Waals surface area (Å²) in [7, 11) is 2.64. The van der Waals surface area contributed by atoms with E-state index < -0.39 is 11.9 Å². The molecule has 2 aromatic rings. The second-order valence-corrected chi connectivity index (χ2v) is 4.61. The Kier molecular flexibility index (Phi) is 5.00. The lowest BCUT2D eigenvalue weighted by Crippen LogP contribution is -2.02. The van der Waals surface area contributed by atoms with Crippen LogP contribution < -0.4 is 5.73 Å². The quantitative estimate of drug-likeness (QED) is 0.523. The number of rotatable bonds is 2.